The topological polar surface area (TPSA) is 51.8 Å². The van der Waals surface area contributed by atoms with Gasteiger partial charge in [-0.3, -0.25) is 0 Å². The van der Waals surface area contributed by atoms with Crippen molar-refractivity contribution in [2.24, 2.45) is 0 Å². The predicted molar refractivity (Wildman–Crippen MR) is 200 cm³/mol. The molecule has 49 heavy (non-hydrogen) atoms. The van der Waals surface area contributed by atoms with Crippen LogP contribution < -0.4 is 0 Å². The van der Waals surface area contributed by atoms with Gasteiger partial charge in [0.1, 0.15) is 11.2 Å². The molecule has 0 bridgehead atoms. The lowest BCUT2D eigenvalue weighted by Gasteiger charge is -2.10. The molecule has 7 aromatic carbocycles. The monoisotopic (exact) mass is 632 g/mol. The van der Waals surface area contributed by atoms with Gasteiger partial charge in [-0.2, -0.15) is 0 Å². The second kappa shape index (κ2) is 12.2. The third-order valence-electron chi connectivity index (χ3n) is 8.63. The van der Waals surface area contributed by atoms with Crippen LogP contribution in [0, 0.1) is 0 Å². The fourth-order valence-electron chi connectivity index (χ4n) is 6.14. The fourth-order valence-corrected chi connectivity index (χ4v) is 6.14. The Labute approximate surface area is 291 Å². The molecule has 2 aromatic heterocycles. The van der Waals surface area contributed by atoms with Crippen LogP contribution >= 0.6 is 0 Å². The first kappa shape index (κ1) is 23.6. The maximum atomic E-state index is 8.48. The van der Waals surface area contributed by atoms with Crippen molar-refractivity contribution < 1.29 is 11.3 Å². The minimum absolute atomic E-state index is 0.146. The van der Waals surface area contributed by atoms with Gasteiger partial charge in [0, 0.05) is 27.5 Å². The molecule has 4 nitrogen and oxygen atoms in total. The second-order valence-corrected chi connectivity index (χ2v) is 11.7. The summed E-state index contributed by atoms with van der Waals surface area (Å²) in [7, 11) is 0. The van der Waals surface area contributed by atoms with Crippen LogP contribution in [0.4, 0.5) is 0 Å². The molecule has 0 aliphatic carbocycles. The summed E-state index contributed by atoms with van der Waals surface area (Å²) in [5, 5.41) is 1.57. The molecule has 4 heteroatoms. The van der Waals surface area contributed by atoms with Crippen molar-refractivity contribution in [3.05, 3.63) is 176 Å². The smallest absolute Gasteiger partial charge is 0.164 e. The summed E-state index contributed by atoms with van der Waals surface area (Å²) in [6.07, 6.45) is 0. The molecular weight excluding hydrogens is 599 g/mol. The molecule has 0 saturated heterocycles. The molecule has 0 atom stereocenters. The Kier molecular flexibility index (Phi) is 5.87. The maximum Gasteiger partial charge on any atom is 0.164 e. The van der Waals surface area contributed by atoms with Gasteiger partial charge in [0.2, 0.25) is 0 Å². The Balaban J connectivity index is 1.16. The van der Waals surface area contributed by atoms with Crippen LogP contribution in [0.25, 0.3) is 89.5 Å². The van der Waals surface area contributed by atoms with E-state index in [1.807, 2.05) is 84.9 Å². The Morgan fingerprint density at radius 2 is 0.857 bits per heavy atom. The molecule has 0 unspecified atom stereocenters. The van der Waals surface area contributed by atoms with Crippen molar-refractivity contribution in [1.82, 2.24) is 15.0 Å². The second-order valence-electron chi connectivity index (χ2n) is 11.7. The summed E-state index contributed by atoms with van der Waals surface area (Å²) in [4.78, 5) is 15.0. The average molecular weight is 633 g/mol. The lowest BCUT2D eigenvalue weighted by atomic mass is 10.0. The Morgan fingerprint density at radius 3 is 1.57 bits per heavy atom. The molecule has 230 valence electrons. The molecule has 0 amide bonds. The zero-order valence-electron chi connectivity index (χ0n) is 31.1. The third kappa shape index (κ3) is 5.56. The van der Waals surface area contributed by atoms with Gasteiger partial charge in [-0.05, 0) is 63.7 Å². The van der Waals surface area contributed by atoms with Gasteiger partial charge < -0.3 is 4.42 Å². The normalized spacial score (nSPS) is 12.7. The highest BCUT2D eigenvalue weighted by Crippen LogP contribution is 2.35. The molecule has 9 aromatic rings. The quantitative estimate of drug-likeness (QED) is 0.183. The first-order chi connectivity index (χ1) is 26.3. The van der Waals surface area contributed by atoms with Gasteiger partial charge in [0.05, 0.1) is 6.85 Å². The van der Waals surface area contributed by atoms with Crippen molar-refractivity contribution >= 4 is 21.9 Å². The number of rotatable bonds is 6. The molecule has 0 fully saturated rings. The van der Waals surface area contributed by atoms with E-state index in [-0.39, 0.29) is 29.7 Å². The van der Waals surface area contributed by atoms with Crippen molar-refractivity contribution in [1.29, 1.82) is 0 Å². The zero-order chi connectivity index (χ0) is 36.9. The molecule has 0 radical (unpaired) electrons. The third-order valence-corrected chi connectivity index (χ3v) is 8.63. The number of aromatic nitrogens is 3. The summed E-state index contributed by atoms with van der Waals surface area (Å²) in [5.41, 5.74) is 8.66. The Bertz CT molecular complexity index is 2850. The summed E-state index contributed by atoms with van der Waals surface area (Å²) in [6, 6.07) is 46.2. The maximum absolute atomic E-state index is 8.48. The number of hydrogen-bond donors (Lipinski definition) is 0. The van der Waals surface area contributed by atoms with Crippen LogP contribution in [0.5, 0.6) is 0 Å². The molecule has 0 spiro atoms. The lowest BCUT2D eigenvalue weighted by Crippen LogP contribution is -2.00. The Morgan fingerprint density at radius 1 is 0.347 bits per heavy atom. The summed E-state index contributed by atoms with van der Waals surface area (Å²) < 4.78 is 47.6. The van der Waals surface area contributed by atoms with E-state index >= 15 is 0 Å². The first-order valence-electron chi connectivity index (χ1n) is 18.4. The van der Waals surface area contributed by atoms with Crippen molar-refractivity contribution in [3.8, 4) is 67.5 Å². The summed E-state index contributed by atoms with van der Waals surface area (Å²) in [6.45, 7) is 0. The van der Waals surface area contributed by atoms with E-state index < -0.39 is 6.04 Å². The largest absolute Gasteiger partial charge is 0.456 e. The standard InChI is InChI=1S/C45H29N3O/c1-4-11-30(12-5-1)33-19-21-34(22-20-33)43-46-44(37-18-10-17-35(27-37)31-13-6-2-7-14-31)48-45(47-43)38-23-25-39-40-28-36(32-15-8-3-9-16-32)24-26-41(40)49-42(39)29-38/h1-29H/i3D,8D,9D,15D,16D. The van der Waals surface area contributed by atoms with Crippen molar-refractivity contribution in [3.63, 3.8) is 0 Å². The number of fused-ring (bicyclic) bond motifs is 3. The summed E-state index contributed by atoms with van der Waals surface area (Å²) in [5.74, 6) is 1.55. The first-order valence-corrected chi connectivity index (χ1v) is 15.9. The van der Waals surface area contributed by atoms with Crippen LogP contribution in [0.2, 0.25) is 0 Å². The van der Waals surface area contributed by atoms with E-state index in [4.69, 9.17) is 26.2 Å². The highest BCUT2D eigenvalue weighted by atomic mass is 16.3. The predicted octanol–water partition coefficient (Wildman–Crippen LogP) is 11.8. The van der Waals surface area contributed by atoms with Crippen LogP contribution in [-0.2, 0) is 0 Å². The molecule has 9 rings (SSSR count). The Hall–Kier alpha value is -6.65. The molecule has 0 saturated carbocycles. The van der Waals surface area contributed by atoms with E-state index in [0.29, 0.717) is 34.2 Å². The lowest BCUT2D eigenvalue weighted by molar-refractivity contribution is 0.669. The zero-order valence-corrected chi connectivity index (χ0v) is 26.1. The van der Waals surface area contributed by atoms with Gasteiger partial charge in [0.15, 0.2) is 17.5 Å². The van der Waals surface area contributed by atoms with Gasteiger partial charge in [-0.1, -0.05) is 145 Å². The van der Waals surface area contributed by atoms with E-state index in [2.05, 4.69) is 48.5 Å². The van der Waals surface area contributed by atoms with Gasteiger partial charge in [-0.25, -0.2) is 15.0 Å². The van der Waals surface area contributed by atoms with Crippen LogP contribution in [0.15, 0.2) is 180 Å². The fraction of sp³-hybridized carbons (Fsp3) is 0. The summed E-state index contributed by atoms with van der Waals surface area (Å²) >= 11 is 0. The van der Waals surface area contributed by atoms with Gasteiger partial charge in [-0.15, -0.1) is 0 Å². The average Bonchev–Trinajstić information content (AvgIpc) is 3.60. The van der Waals surface area contributed by atoms with Gasteiger partial charge in [0.25, 0.3) is 0 Å². The van der Waals surface area contributed by atoms with Crippen LogP contribution in [-0.4, -0.2) is 15.0 Å². The molecular formula is C45H29N3O. The molecule has 0 aliphatic heterocycles. The van der Waals surface area contributed by atoms with E-state index in [9.17, 15) is 0 Å². The minimum atomic E-state index is -0.422. The van der Waals surface area contributed by atoms with E-state index in [1.54, 1.807) is 12.1 Å². The van der Waals surface area contributed by atoms with Crippen LogP contribution in [0.1, 0.15) is 6.85 Å². The van der Waals surface area contributed by atoms with Crippen molar-refractivity contribution in [2.75, 3.05) is 0 Å². The van der Waals surface area contributed by atoms with Gasteiger partial charge >= 0.3 is 0 Å². The van der Waals surface area contributed by atoms with Crippen molar-refractivity contribution in [2.45, 2.75) is 0 Å². The highest BCUT2D eigenvalue weighted by Gasteiger charge is 2.16. The SMILES string of the molecule is [2H]c1c([2H])c([2H])c(-c2ccc3oc4cc(-c5nc(-c6ccc(-c7ccccc7)cc6)nc(-c6cccc(-c7ccccc7)c6)n5)ccc4c3c2)c([2H])c1[2H]. The molecule has 0 aliphatic rings. The molecule has 0 N–H and O–H groups in total. The number of furan rings is 1. The minimum Gasteiger partial charge on any atom is -0.456 e. The highest BCUT2D eigenvalue weighted by molar-refractivity contribution is 6.07. The molecule has 2 heterocycles. The van der Waals surface area contributed by atoms with E-state index in [1.165, 1.54) is 0 Å². The number of hydrogen-bond acceptors (Lipinski definition) is 4. The van der Waals surface area contributed by atoms with Crippen LogP contribution in [0.3, 0.4) is 0 Å². The number of nitrogens with zero attached hydrogens (tertiary/aromatic N) is 3. The number of benzene rings is 7. The van der Waals surface area contributed by atoms with E-state index in [0.717, 1.165) is 49.7 Å².